The lowest BCUT2D eigenvalue weighted by molar-refractivity contribution is 0.175. The lowest BCUT2D eigenvalue weighted by Crippen LogP contribution is -2.28. The molecule has 1 rings (SSSR count). The number of nitrogens with one attached hydrogen (secondary N) is 1. The summed E-state index contributed by atoms with van der Waals surface area (Å²) in [5.74, 6) is 6.91. The third kappa shape index (κ3) is 5.37. The number of hydrogen-bond acceptors (Lipinski definition) is 7. The van der Waals surface area contributed by atoms with E-state index in [2.05, 4.69) is 34.1 Å². The number of likely N-dealkylation sites (N-methyl/N-ethyl adjacent to an activating group) is 1. The monoisotopic (exact) mass is 269 g/mol. The van der Waals surface area contributed by atoms with Gasteiger partial charge >= 0.3 is 0 Å². The van der Waals surface area contributed by atoms with Crippen molar-refractivity contribution in [1.29, 1.82) is 0 Å². The lowest BCUT2D eigenvalue weighted by atomic mass is 10.5. The molecule has 7 nitrogen and oxygen atoms in total. The number of rotatable bonds is 9. The zero-order chi connectivity index (χ0) is 14.1. The van der Waals surface area contributed by atoms with Gasteiger partial charge in [-0.15, -0.1) is 0 Å². The van der Waals surface area contributed by atoms with E-state index in [1.165, 1.54) is 0 Å². The normalized spacial score (nSPS) is 10.8. The summed E-state index contributed by atoms with van der Waals surface area (Å²) in [4.78, 5) is 10.7. The van der Waals surface area contributed by atoms with Gasteiger partial charge in [0.15, 0.2) is 5.82 Å². The van der Waals surface area contributed by atoms with Gasteiger partial charge in [0.1, 0.15) is 19.0 Å². The molecule has 0 fully saturated rings. The fourth-order valence-corrected chi connectivity index (χ4v) is 1.63. The van der Waals surface area contributed by atoms with Gasteiger partial charge in [0.2, 0.25) is 5.88 Å². The SMILES string of the molecule is CCN(CC)CCOc1cc(NN)nc(COC)n1. The molecule has 19 heavy (non-hydrogen) atoms. The van der Waals surface area contributed by atoms with Crippen molar-refractivity contribution in [1.82, 2.24) is 14.9 Å². The summed E-state index contributed by atoms with van der Waals surface area (Å²) in [5, 5.41) is 0. The van der Waals surface area contributed by atoms with Crippen molar-refractivity contribution < 1.29 is 9.47 Å². The highest BCUT2D eigenvalue weighted by molar-refractivity contribution is 5.36. The number of hydrogen-bond donors (Lipinski definition) is 2. The molecule has 0 atom stereocenters. The van der Waals surface area contributed by atoms with E-state index in [4.69, 9.17) is 15.3 Å². The van der Waals surface area contributed by atoms with Crippen LogP contribution in [0.3, 0.4) is 0 Å². The lowest BCUT2D eigenvalue weighted by Gasteiger charge is -2.17. The van der Waals surface area contributed by atoms with E-state index in [1.807, 2.05) is 0 Å². The maximum Gasteiger partial charge on any atom is 0.218 e. The summed E-state index contributed by atoms with van der Waals surface area (Å²) in [6.07, 6.45) is 0. The Bertz CT molecular complexity index is 371. The minimum absolute atomic E-state index is 0.321. The van der Waals surface area contributed by atoms with Crippen molar-refractivity contribution in [3.8, 4) is 5.88 Å². The molecule has 0 saturated carbocycles. The summed E-state index contributed by atoms with van der Waals surface area (Å²) in [6, 6.07) is 1.67. The van der Waals surface area contributed by atoms with Crippen LogP contribution in [0.2, 0.25) is 0 Å². The Morgan fingerprint density at radius 1 is 1.32 bits per heavy atom. The van der Waals surface area contributed by atoms with Gasteiger partial charge in [-0.2, -0.15) is 4.98 Å². The van der Waals surface area contributed by atoms with Crippen molar-refractivity contribution in [2.24, 2.45) is 5.84 Å². The molecule has 0 saturated heterocycles. The number of aromatic nitrogens is 2. The van der Waals surface area contributed by atoms with Gasteiger partial charge in [-0.1, -0.05) is 13.8 Å². The average molecular weight is 269 g/mol. The first-order chi connectivity index (χ1) is 9.23. The molecule has 0 aliphatic carbocycles. The van der Waals surface area contributed by atoms with E-state index in [0.717, 1.165) is 19.6 Å². The summed E-state index contributed by atoms with van der Waals surface area (Å²) in [5.41, 5.74) is 2.49. The number of anilines is 1. The first-order valence-corrected chi connectivity index (χ1v) is 6.42. The second-order valence-corrected chi connectivity index (χ2v) is 3.96. The predicted octanol–water partition coefficient (Wildman–Crippen LogP) is 0.629. The molecule has 0 bridgehead atoms. The van der Waals surface area contributed by atoms with Crippen molar-refractivity contribution in [3.05, 3.63) is 11.9 Å². The van der Waals surface area contributed by atoms with Crippen LogP contribution in [0.15, 0.2) is 6.07 Å². The van der Waals surface area contributed by atoms with Crippen LogP contribution in [-0.2, 0) is 11.3 Å². The molecule has 0 radical (unpaired) electrons. The second-order valence-electron chi connectivity index (χ2n) is 3.96. The van der Waals surface area contributed by atoms with E-state index < -0.39 is 0 Å². The zero-order valence-electron chi connectivity index (χ0n) is 11.8. The Morgan fingerprint density at radius 3 is 2.63 bits per heavy atom. The van der Waals surface area contributed by atoms with Crippen LogP contribution in [0.5, 0.6) is 5.88 Å². The first-order valence-electron chi connectivity index (χ1n) is 6.42. The molecule has 0 aliphatic rings. The number of nitrogen functional groups attached to an aromatic ring is 1. The fourth-order valence-electron chi connectivity index (χ4n) is 1.63. The maximum absolute atomic E-state index is 5.63. The van der Waals surface area contributed by atoms with Crippen LogP contribution in [0.25, 0.3) is 0 Å². The summed E-state index contributed by atoms with van der Waals surface area (Å²) in [7, 11) is 1.59. The van der Waals surface area contributed by atoms with E-state index in [1.54, 1.807) is 13.2 Å². The largest absolute Gasteiger partial charge is 0.476 e. The summed E-state index contributed by atoms with van der Waals surface area (Å²) >= 11 is 0. The van der Waals surface area contributed by atoms with E-state index in [9.17, 15) is 0 Å². The Morgan fingerprint density at radius 2 is 2.05 bits per heavy atom. The molecule has 0 amide bonds. The third-order valence-electron chi connectivity index (χ3n) is 2.72. The number of nitrogens with zero attached hydrogens (tertiary/aromatic N) is 3. The maximum atomic E-state index is 5.63. The number of nitrogens with two attached hydrogens (primary N) is 1. The molecule has 1 heterocycles. The van der Waals surface area contributed by atoms with Crippen molar-refractivity contribution in [3.63, 3.8) is 0 Å². The van der Waals surface area contributed by atoms with Crippen LogP contribution >= 0.6 is 0 Å². The van der Waals surface area contributed by atoms with Gasteiger partial charge in [-0.3, -0.25) is 0 Å². The van der Waals surface area contributed by atoms with Gasteiger partial charge in [-0.05, 0) is 13.1 Å². The molecule has 0 aromatic carbocycles. The highest BCUT2D eigenvalue weighted by atomic mass is 16.5. The fraction of sp³-hybridized carbons (Fsp3) is 0.667. The quantitative estimate of drug-likeness (QED) is 0.502. The summed E-state index contributed by atoms with van der Waals surface area (Å²) in [6.45, 7) is 8.03. The number of ether oxygens (including phenoxy) is 2. The standard InChI is InChI=1S/C12H23N5O2/c1-4-17(5-2)6-7-19-12-8-10(16-13)14-11(15-12)9-18-3/h8H,4-7,9,13H2,1-3H3,(H,14,15,16). The van der Waals surface area contributed by atoms with E-state index >= 15 is 0 Å². The average Bonchev–Trinajstić information content (AvgIpc) is 2.43. The Hall–Kier alpha value is -1.44. The van der Waals surface area contributed by atoms with Gasteiger partial charge in [0, 0.05) is 19.7 Å². The molecule has 0 aliphatic heterocycles. The second kappa shape index (κ2) is 8.63. The van der Waals surface area contributed by atoms with Crippen molar-refractivity contribution >= 4 is 5.82 Å². The van der Waals surface area contributed by atoms with Crippen LogP contribution in [-0.4, -0.2) is 48.2 Å². The Labute approximate surface area is 114 Å². The van der Waals surface area contributed by atoms with Crippen LogP contribution in [0.4, 0.5) is 5.82 Å². The molecule has 0 spiro atoms. The predicted molar refractivity (Wildman–Crippen MR) is 73.8 cm³/mol. The molecule has 1 aromatic rings. The highest BCUT2D eigenvalue weighted by Gasteiger charge is 2.06. The van der Waals surface area contributed by atoms with Crippen LogP contribution in [0.1, 0.15) is 19.7 Å². The third-order valence-corrected chi connectivity index (χ3v) is 2.72. The first kappa shape index (κ1) is 15.6. The number of methoxy groups -OCH3 is 1. The Kier molecular flexibility index (Phi) is 7.09. The van der Waals surface area contributed by atoms with Gasteiger partial charge < -0.3 is 19.8 Å². The van der Waals surface area contributed by atoms with E-state index in [0.29, 0.717) is 30.7 Å². The Balaban J connectivity index is 2.58. The molecular formula is C12H23N5O2. The van der Waals surface area contributed by atoms with Crippen molar-refractivity contribution in [2.45, 2.75) is 20.5 Å². The molecule has 0 unspecified atom stereocenters. The van der Waals surface area contributed by atoms with Crippen LogP contribution in [0, 0.1) is 0 Å². The number of hydrazine groups is 1. The summed E-state index contributed by atoms with van der Waals surface area (Å²) < 4.78 is 10.6. The van der Waals surface area contributed by atoms with Crippen LogP contribution < -0.4 is 16.0 Å². The minimum Gasteiger partial charge on any atom is -0.476 e. The van der Waals surface area contributed by atoms with E-state index in [-0.39, 0.29) is 0 Å². The molecular weight excluding hydrogens is 246 g/mol. The van der Waals surface area contributed by atoms with Crippen molar-refractivity contribution in [2.75, 3.05) is 38.8 Å². The minimum atomic E-state index is 0.321. The van der Waals surface area contributed by atoms with Gasteiger partial charge in [0.25, 0.3) is 0 Å². The molecule has 1 aromatic heterocycles. The van der Waals surface area contributed by atoms with Gasteiger partial charge in [-0.25, -0.2) is 10.8 Å². The highest BCUT2D eigenvalue weighted by Crippen LogP contribution is 2.13. The zero-order valence-corrected chi connectivity index (χ0v) is 11.8. The molecule has 108 valence electrons. The smallest absolute Gasteiger partial charge is 0.218 e. The molecule has 7 heteroatoms. The molecule has 3 N–H and O–H groups in total. The topological polar surface area (TPSA) is 85.5 Å². The van der Waals surface area contributed by atoms with Gasteiger partial charge in [0.05, 0.1) is 0 Å².